The fourth-order valence-corrected chi connectivity index (χ4v) is 4.41. The number of nitrogens with one attached hydrogen (secondary N) is 2. The highest BCUT2D eigenvalue weighted by Gasteiger charge is 2.18. The number of hydrogen-bond donors (Lipinski definition) is 3. The molecule has 1 saturated heterocycles. The third-order valence-corrected chi connectivity index (χ3v) is 6.47. The van der Waals surface area contributed by atoms with Gasteiger partial charge in [0.05, 0.1) is 12.0 Å². The largest absolute Gasteiger partial charge is 0.481 e. The number of H-pyrrole nitrogens is 1. The maximum absolute atomic E-state index is 10.5. The van der Waals surface area contributed by atoms with E-state index in [1.165, 1.54) is 5.56 Å². The summed E-state index contributed by atoms with van der Waals surface area (Å²) in [5, 5.41) is 13.2. The fourth-order valence-electron chi connectivity index (χ4n) is 4.41. The van der Waals surface area contributed by atoms with Crippen molar-refractivity contribution in [2.75, 3.05) is 51.3 Å². The molecule has 3 aromatic rings. The zero-order valence-corrected chi connectivity index (χ0v) is 20.4. The molecule has 1 aromatic carbocycles. The van der Waals surface area contributed by atoms with E-state index in [0.29, 0.717) is 19.6 Å². The molecule has 0 aliphatic carbocycles. The first kappa shape index (κ1) is 25.1. The Kier molecular flexibility index (Phi) is 9.05. The minimum atomic E-state index is -0.738. The molecule has 188 valence electrons. The average molecular weight is 481 g/mol. The van der Waals surface area contributed by atoms with Crippen LogP contribution in [0.4, 0.5) is 5.82 Å². The number of piperazine rings is 1. The number of carboxylic acid groups (broad SMARTS) is 1. The lowest BCUT2D eigenvalue weighted by Crippen LogP contribution is -2.46. The van der Waals surface area contributed by atoms with Crippen molar-refractivity contribution in [2.24, 2.45) is 0 Å². The average Bonchev–Trinajstić information content (AvgIpc) is 3.28. The van der Waals surface area contributed by atoms with Crippen molar-refractivity contribution in [3.8, 4) is 0 Å². The SMILES string of the molecule is CC(Nc1ncnc2[nH]c(CN3CCN(CCOCCCCC(=O)O)CC3)cc12)c1ccccc1. The molecule has 4 rings (SSSR count). The summed E-state index contributed by atoms with van der Waals surface area (Å²) in [5.74, 6) is 0.111. The lowest BCUT2D eigenvalue weighted by molar-refractivity contribution is -0.137. The second-order valence-corrected chi connectivity index (χ2v) is 9.14. The Labute approximate surface area is 206 Å². The summed E-state index contributed by atoms with van der Waals surface area (Å²) >= 11 is 0. The second-order valence-electron chi connectivity index (χ2n) is 9.14. The van der Waals surface area contributed by atoms with Crippen LogP contribution in [0.15, 0.2) is 42.7 Å². The van der Waals surface area contributed by atoms with E-state index in [2.05, 4.69) is 67.3 Å². The molecule has 0 bridgehead atoms. The quantitative estimate of drug-likeness (QED) is 0.319. The number of aliphatic carboxylic acids is 1. The number of unbranched alkanes of at least 4 members (excludes halogenated alkanes) is 1. The molecule has 1 unspecified atom stereocenters. The standard InChI is InChI=1S/C26H36N6O3/c1-20(21-7-3-2-4-8-21)29-25-23-17-22(30-26(23)28-19-27-25)18-32-12-10-31(11-13-32)14-16-35-15-6-5-9-24(33)34/h2-4,7-8,17,19-20H,5-6,9-16,18H2,1H3,(H,33,34)(H2,27,28,29,30). The van der Waals surface area contributed by atoms with Crippen molar-refractivity contribution in [1.29, 1.82) is 0 Å². The van der Waals surface area contributed by atoms with Crippen LogP contribution < -0.4 is 5.32 Å². The van der Waals surface area contributed by atoms with E-state index in [9.17, 15) is 4.79 Å². The fraction of sp³-hybridized carbons (Fsp3) is 0.500. The first-order valence-corrected chi connectivity index (χ1v) is 12.5. The Balaban J connectivity index is 1.22. The number of carboxylic acids is 1. The van der Waals surface area contributed by atoms with Crippen molar-refractivity contribution in [2.45, 2.75) is 38.8 Å². The van der Waals surface area contributed by atoms with Gasteiger partial charge in [0.15, 0.2) is 0 Å². The summed E-state index contributed by atoms with van der Waals surface area (Å²) in [6.45, 7) is 9.31. The van der Waals surface area contributed by atoms with Gasteiger partial charge in [-0.05, 0) is 31.4 Å². The highest BCUT2D eigenvalue weighted by molar-refractivity contribution is 5.87. The summed E-state index contributed by atoms with van der Waals surface area (Å²) in [7, 11) is 0. The summed E-state index contributed by atoms with van der Waals surface area (Å²) in [6.07, 6.45) is 3.31. The third kappa shape index (κ3) is 7.48. The second kappa shape index (κ2) is 12.6. The van der Waals surface area contributed by atoms with Crippen LogP contribution in [0.25, 0.3) is 11.0 Å². The molecule has 0 saturated carbocycles. The van der Waals surface area contributed by atoms with Gasteiger partial charge in [0, 0.05) is 64.0 Å². The summed E-state index contributed by atoms with van der Waals surface area (Å²) < 4.78 is 5.67. The lowest BCUT2D eigenvalue weighted by Gasteiger charge is -2.34. The van der Waals surface area contributed by atoms with Gasteiger partial charge >= 0.3 is 5.97 Å². The van der Waals surface area contributed by atoms with Crippen molar-refractivity contribution in [1.82, 2.24) is 24.8 Å². The first-order chi connectivity index (χ1) is 17.1. The van der Waals surface area contributed by atoms with Gasteiger partial charge in [-0.25, -0.2) is 9.97 Å². The number of aromatic amines is 1. The van der Waals surface area contributed by atoms with Gasteiger partial charge in [0.2, 0.25) is 0 Å². The number of carbonyl (C=O) groups is 1. The third-order valence-electron chi connectivity index (χ3n) is 6.47. The van der Waals surface area contributed by atoms with E-state index < -0.39 is 5.97 Å². The topological polar surface area (TPSA) is 107 Å². The maximum Gasteiger partial charge on any atom is 0.303 e. The normalized spacial score (nSPS) is 15.9. The smallest absolute Gasteiger partial charge is 0.303 e. The van der Waals surface area contributed by atoms with E-state index in [1.807, 2.05) is 6.07 Å². The highest BCUT2D eigenvalue weighted by atomic mass is 16.5. The van der Waals surface area contributed by atoms with Gasteiger partial charge in [-0.2, -0.15) is 0 Å². The first-order valence-electron chi connectivity index (χ1n) is 12.5. The van der Waals surface area contributed by atoms with E-state index in [0.717, 1.165) is 68.2 Å². The highest BCUT2D eigenvalue weighted by Crippen LogP contribution is 2.25. The van der Waals surface area contributed by atoms with E-state index >= 15 is 0 Å². The lowest BCUT2D eigenvalue weighted by atomic mass is 10.1. The summed E-state index contributed by atoms with van der Waals surface area (Å²) in [4.78, 5) is 27.8. The zero-order chi connectivity index (χ0) is 24.5. The number of fused-ring (bicyclic) bond motifs is 1. The molecular weight excluding hydrogens is 444 g/mol. The Morgan fingerprint density at radius 1 is 1.11 bits per heavy atom. The molecule has 3 N–H and O–H groups in total. The minimum Gasteiger partial charge on any atom is -0.481 e. The predicted molar refractivity (Wildman–Crippen MR) is 136 cm³/mol. The van der Waals surface area contributed by atoms with Crippen LogP contribution in [0.2, 0.25) is 0 Å². The summed E-state index contributed by atoms with van der Waals surface area (Å²) in [5.41, 5.74) is 3.22. The van der Waals surface area contributed by atoms with Crippen molar-refractivity contribution in [3.63, 3.8) is 0 Å². The van der Waals surface area contributed by atoms with E-state index in [1.54, 1.807) is 6.33 Å². The van der Waals surface area contributed by atoms with Crippen molar-refractivity contribution in [3.05, 3.63) is 54.0 Å². The van der Waals surface area contributed by atoms with E-state index in [-0.39, 0.29) is 12.5 Å². The Bertz CT molecular complexity index is 1070. The molecule has 1 fully saturated rings. The summed E-state index contributed by atoms with van der Waals surface area (Å²) in [6, 6.07) is 12.7. The van der Waals surface area contributed by atoms with Gasteiger partial charge in [-0.15, -0.1) is 0 Å². The Hall–Kier alpha value is -3.01. The number of benzene rings is 1. The Morgan fingerprint density at radius 2 is 1.89 bits per heavy atom. The van der Waals surface area contributed by atoms with Crippen LogP contribution in [-0.2, 0) is 16.1 Å². The van der Waals surface area contributed by atoms with Crippen LogP contribution in [0.1, 0.15) is 43.5 Å². The van der Waals surface area contributed by atoms with Crippen LogP contribution in [0, 0.1) is 0 Å². The Morgan fingerprint density at radius 3 is 2.66 bits per heavy atom. The molecule has 1 aliphatic rings. The van der Waals surface area contributed by atoms with Gasteiger partial charge in [-0.3, -0.25) is 14.6 Å². The molecule has 0 spiro atoms. The van der Waals surface area contributed by atoms with Gasteiger partial charge < -0.3 is 20.1 Å². The number of rotatable bonds is 13. The number of hydrogen-bond acceptors (Lipinski definition) is 7. The number of nitrogens with zero attached hydrogens (tertiary/aromatic N) is 4. The van der Waals surface area contributed by atoms with Crippen LogP contribution in [0.5, 0.6) is 0 Å². The predicted octanol–water partition coefficient (Wildman–Crippen LogP) is 3.52. The van der Waals surface area contributed by atoms with Gasteiger partial charge in [0.25, 0.3) is 0 Å². The van der Waals surface area contributed by atoms with Crippen molar-refractivity contribution < 1.29 is 14.6 Å². The molecule has 9 nitrogen and oxygen atoms in total. The molecule has 0 radical (unpaired) electrons. The molecular formula is C26H36N6O3. The van der Waals surface area contributed by atoms with Gasteiger partial charge in [0.1, 0.15) is 17.8 Å². The molecule has 9 heteroatoms. The van der Waals surface area contributed by atoms with E-state index in [4.69, 9.17) is 9.84 Å². The molecule has 1 atom stereocenters. The molecule has 35 heavy (non-hydrogen) atoms. The monoisotopic (exact) mass is 480 g/mol. The number of anilines is 1. The zero-order valence-electron chi connectivity index (χ0n) is 20.4. The van der Waals surface area contributed by atoms with Crippen LogP contribution in [-0.4, -0.2) is 81.8 Å². The molecule has 0 amide bonds. The minimum absolute atomic E-state index is 0.148. The molecule has 3 heterocycles. The molecule has 1 aliphatic heterocycles. The number of aromatic nitrogens is 3. The van der Waals surface area contributed by atoms with Crippen LogP contribution >= 0.6 is 0 Å². The van der Waals surface area contributed by atoms with Crippen LogP contribution in [0.3, 0.4) is 0 Å². The van der Waals surface area contributed by atoms with Gasteiger partial charge in [-0.1, -0.05) is 30.3 Å². The number of ether oxygens (including phenoxy) is 1. The maximum atomic E-state index is 10.5. The molecule has 2 aromatic heterocycles. The van der Waals surface area contributed by atoms with Crippen molar-refractivity contribution >= 4 is 22.8 Å².